The summed E-state index contributed by atoms with van der Waals surface area (Å²) in [5.41, 5.74) is 6.47. The summed E-state index contributed by atoms with van der Waals surface area (Å²) in [5, 5.41) is 16.3. The monoisotopic (exact) mass is 943 g/mol. The van der Waals surface area contributed by atoms with E-state index in [1.165, 1.54) is 30.9 Å². The van der Waals surface area contributed by atoms with E-state index in [0.29, 0.717) is 32.1 Å². The first kappa shape index (κ1) is 49.8. The van der Waals surface area contributed by atoms with Crippen LogP contribution in [0.5, 0.6) is 5.75 Å². The van der Waals surface area contributed by atoms with Crippen LogP contribution in [0.3, 0.4) is 0 Å². The van der Waals surface area contributed by atoms with Gasteiger partial charge in [0.2, 0.25) is 17.7 Å². The number of likely N-dealkylation sites (tertiary alicyclic amines) is 1. The van der Waals surface area contributed by atoms with Gasteiger partial charge in [0.1, 0.15) is 41.7 Å². The molecule has 15 heteroatoms. The van der Waals surface area contributed by atoms with E-state index in [1.807, 2.05) is 88.0 Å². The summed E-state index contributed by atoms with van der Waals surface area (Å²) >= 11 is 1.56. The number of β-amino-alcohol motifs (C(OH)–C–C–N with tert-alkyl or cyclic N) is 1. The minimum atomic E-state index is -1.58. The number of ether oxygens (including phenoxy) is 2. The van der Waals surface area contributed by atoms with Crippen LogP contribution in [0.1, 0.15) is 108 Å². The molecule has 0 unspecified atom stereocenters. The van der Waals surface area contributed by atoms with Crippen molar-refractivity contribution in [3.05, 3.63) is 111 Å². The topological polar surface area (TPSA) is 133 Å². The number of aromatic nitrogens is 1. The van der Waals surface area contributed by atoms with Crippen LogP contribution in [0.4, 0.5) is 13.2 Å². The van der Waals surface area contributed by atoms with Crippen LogP contribution in [0.15, 0.2) is 71.7 Å². The number of aliphatic hydroxyl groups excluding tert-OH is 1. The van der Waals surface area contributed by atoms with Gasteiger partial charge < -0.3 is 30.1 Å². The van der Waals surface area contributed by atoms with Crippen LogP contribution in [0, 0.1) is 24.0 Å². The quantitative estimate of drug-likeness (QED) is 0.0845. The summed E-state index contributed by atoms with van der Waals surface area (Å²) in [6, 6.07) is 15.5. The Kier molecular flexibility index (Phi) is 15.6. The third-order valence-corrected chi connectivity index (χ3v) is 13.8. The molecule has 0 radical (unpaired) electrons. The van der Waals surface area contributed by atoms with Gasteiger partial charge in [0.05, 0.1) is 34.8 Å². The number of aryl methyl sites for hydroxylation is 1. The van der Waals surface area contributed by atoms with Gasteiger partial charge in [0.15, 0.2) is 0 Å². The number of nitrogens with one attached hydrogen (secondary N) is 2. The number of thiazole rings is 1. The zero-order valence-corrected chi connectivity index (χ0v) is 40.4. The summed E-state index contributed by atoms with van der Waals surface area (Å²) in [6.07, 6.45) is 2.20. The second-order valence-corrected chi connectivity index (χ2v) is 20.7. The molecule has 67 heavy (non-hydrogen) atoms. The number of halogens is 3. The SMILES string of the molecule is Cc1ncsc1-c1ccc(CNC(=O)[C@@H]2C[C@@H](O)CN2C(=O)[C@@H](NC(=O)COCCCCCOc2cc(F)c([C@@H]3C4=C(C[C@@H](C)N3CC(C)(C)F)c3ccccc3C4)c(F)c2)C(C)(C)C)cc1. The Morgan fingerprint density at radius 1 is 0.985 bits per heavy atom. The lowest BCUT2D eigenvalue weighted by atomic mass is 9.84. The Morgan fingerprint density at radius 2 is 1.69 bits per heavy atom. The zero-order chi connectivity index (χ0) is 48.2. The lowest BCUT2D eigenvalue weighted by molar-refractivity contribution is -0.144. The molecule has 4 aromatic rings. The number of unbranched alkanes of at least 4 members (excludes halogenated alkanes) is 2. The number of aliphatic hydroxyl groups is 1. The first-order valence-corrected chi connectivity index (χ1v) is 24.2. The summed E-state index contributed by atoms with van der Waals surface area (Å²) in [4.78, 5) is 49.2. The molecule has 0 spiro atoms. The summed E-state index contributed by atoms with van der Waals surface area (Å²) in [5.74, 6) is -2.75. The van der Waals surface area contributed by atoms with Gasteiger partial charge >= 0.3 is 0 Å². The molecule has 1 fully saturated rings. The molecule has 3 heterocycles. The molecule has 5 atom stereocenters. The molecular formula is C52H64F3N5O6S. The lowest BCUT2D eigenvalue weighted by Crippen LogP contribution is -2.58. The normalized spacial score (nSPS) is 20.1. The molecule has 11 nitrogen and oxygen atoms in total. The number of alkyl halides is 1. The van der Waals surface area contributed by atoms with Crippen molar-refractivity contribution in [2.75, 3.05) is 32.9 Å². The first-order valence-electron chi connectivity index (χ1n) is 23.3. The molecule has 0 bridgehead atoms. The van der Waals surface area contributed by atoms with Gasteiger partial charge in [0.25, 0.3) is 0 Å². The second-order valence-electron chi connectivity index (χ2n) is 19.9. The highest BCUT2D eigenvalue weighted by Gasteiger charge is 2.45. The van der Waals surface area contributed by atoms with Gasteiger partial charge in [-0.25, -0.2) is 18.2 Å². The molecule has 2 aliphatic heterocycles. The van der Waals surface area contributed by atoms with Crippen LogP contribution in [-0.4, -0.2) is 100 Å². The Labute approximate surface area is 396 Å². The third kappa shape index (κ3) is 12.0. The van der Waals surface area contributed by atoms with Crippen LogP contribution < -0.4 is 15.4 Å². The number of carbonyl (C=O) groups is 3. The van der Waals surface area contributed by atoms with E-state index in [9.17, 15) is 19.5 Å². The maximum atomic E-state index is 16.1. The van der Waals surface area contributed by atoms with Gasteiger partial charge in [-0.05, 0) is 98.6 Å². The van der Waals surface area contributed by atoms with Gasteiger partial charge in [0, 0.05) is 56.4 Å². The highest BCUT2D eigenvalue weighted by molar-refractivity contribution is 7.13. The van der Waals surface area contributed by atoms with Gasteiger partial charge in [-0.15, -0.1) is 11.3 Å². The zero-order valence-electron chi connectivity index (χ0n) is 39.6. The molecule has 3 amide bonds. The summed E-state index contributed by atoms with van der Waals surface area (Å²) in [6.45, 7) is 12.8. The first-order chi connectivity index (χ1) is 31.8. The molecule has 1 aliphatic carbocycles. The van der Waals surface area contributed by atoms with Crippen molar-refractivity contribution >= 4 is 34.6 Å². The predicted molar refractivity (Wildman–Crippen MR) is 254 cm³/mol. The van der Waals surface area contributed by atoms with E-state index in [1.54, 1.807) is 16.8 Å². The van der Waals surface area contributed by atoms with E-state index < -0.39 is 58.8 Å². The molecule has 1 aromatic heterocycles. The van der Waals surface area contributed by atoms with Crippen molar-refractivity contribution in [1.82, 2.24) is 25.4 Å². The largest absolute Gasteiger partial charge is 0.493 e. The van der Waals surface area contributed by atoms with Crippen molar-refractivity contribution in [3.63, 3.8) is 0 Å². The standard InChI is InChI=1S/C52H64F3N5O6S/c1-31-21-39-38-14-10-9-13-35(38)22-40(39)46(60(31)29-52(6,7)55)45-41(53)24-37(25-42(45)54)66-20-12-8-11-19-65-28-44(62)58-48(51(3,4)5)50(64)59-27-36(61)23-43(59)49(63)56-26-33-15-17-34(18-16-33)47-32(2)57-30-67-47/h9-10,13-18,24-25,30-31,36,43,46,48,61H,8,11-12,19-23,26-29H2,1-7H3,(H,56,63)(H,58,62)/t31-,36-,43+,46+,48-/m1/s1. The highest BCUT2D eigenvalue weighted by Crippen LogP contribution is 2.50. The Morgan fingerprint density at radius 3 is 2.36 bits per heavy atom. The van der Waals surface area contributed by atoms with Crippen LogP contribution in [0.25, 0.3) is 16.0 Å². The fourth-order valence-corrected chi connectivity index (χ4v) is 10.4. The number of benzene rings is 3. The van der Waals surface area contributed by atoms with Crippen LogP contribution in [-0.2, 0) is 32.1 Å². The molecule has 360 valence electrons. The highest BCUT2D eigenvalue weighted by atomic mass is 32.1. The number of amides is 3. The molecule has 3 N–H and O–H groups in total. The Balaban J connectivity index is 0.860. The lowest BCUT2D eigenvalue weighted by Gasteiger charge is -2.44. The number of carbonyl (C=O) groups excluding carboxylic acids is 3. The van der Waals surface area contributed by atoms with E-state index in [2.05, 4.69) is 15.6 Å². The molecule has 0 saturated carbocycles. The number of rotatable bonds is 18. The van der Waals surface area contributed by atoms with Crippen LogP contribution in [0.2, 0.25) is 0 Å². The van der Waals surface area contributed by atoms with E-state index in [-0.39, 0.29) is 69.1 Å². The number of nitrogens with zero attached hydrogens (tertiary/aromatic N) is 3. The Hall–Kier alpha value is -5.09. The number of hydrogen-bond donors (Lipinski definition) is 3. The Bertz CT molecular complexity index is 2420. The van der Waals surface area contributed by atoms with Crippen molar-refractivity contribution in [2.45, 2.75) is 129 Å². The maximum absolute atomic E-state index is 16.1. The number of fused-ring (bicyclic) bond motifs is 2. The van der Waals surface area contributed by atoms with Crippen molar-refractivity contribution in [2.24, 2.45) is 5.41 Å². The van der Waals surface area contributed by atoms with Crippen LogP contribution >= 0.6 is 11.3 Å². The van der Waals surface area contributed by atoms with Gasteiger partial charge in [-0.2, -0.15) is 0 Å². The molecule has 1 saturated heterocycles. The van der Waals surface area contributed by atoms with E-state index in [0.717, 1.165) is 44.0 Å². The van der Waals surface area contributed by atoms with Gasteiger partial charge in [-0.3, -0.25) is 19.3 Å². The van der Waals surface area contributed by atoms with E-state index in [4.69, 9.17) is 9.47 Å². The predicted octanol–water partition coefficient (Wildman–Crippen LogP) is 8.66. The second kappa shape index (κ2) is 21.1. The van der Waals surface area contributed by atoms with Crippen molar-refractivity contribution in [1.29, 1.82) is 0 Å². The summed E-state index contributed by atoms with van der Waals surface area (Å²) in [7, 11) is 0. The molecular weight excluding hydrogens is 880 g/mol. The number of hydrogen-bond acceptors (Lipinski definition) is 9. The minimum Gasteiger partial charge on any atom is -0.493 e. The smallest absolute Gasteiger partial charge is 0.246 e. The fraction of sp³-hybridized carbons (Fsp3) is 0.500. The van der Waals surface area contributed by atoms with E-state index >= 15 is 13.2 Å². The summed E-state index contributed by atoms with van der Waals surface area (Å²) < 4.78 is 58.8. The minimum absolute atomic E-state index is 0.0218. The third-order valence-electron chi connectivity index (χ3n) is 12.9. The van der Waals surface area contributed by atoms with Crippen molar-refractivity contribution < 1.29 is 42.1 Å². The molecule has 3 aromatic carbocycles. The molecule has 3 aliphatic rings. The average Bonchev–Trinajstić information content (AvgIpc) is 3.99. The van der Waals surface area contributed by atoms with Crippen molar-refractivity contribution in [3.8, 4) is 16.2 Å². The van der Waals surface area contributed by atoms with Gasteiger partial charge in [-0.1, -0.05) is 69.3 Å². The maximum Gasteiger partial charge on any atom is 0.246 e. The average molecular weight is 944 g/mol. The molecule has 7 rings (SSSR count). The fourth-order valence-electron chi connectivity index (χ4n) is 9.57.